The molecule has 2 rings (SSSR count). The van der Waals surface area contributed by atoms with Crippen LogP contribution in [0.2, 0.25) is 0 Å². The number of hydrogen-bond donors (Lipinski definition) is 1. The molecule has 6 heteroatoms. The fourth-order valence-corrected chi connectivity index (χ4v) is 3.19. The summed E-state index contributed by atoms with van der Waals surface area (Å²) in [6.45, 7) is 0.794. The van der Waals surface area contributed by atoms with Gasteiger partial charge in [-0.3, -0.25) is 0 Å². The number of nitrogens with one attached hydrogen (secondary N) is 1. The van der Waals surface area contributed by atoms with Gasteiger partial charge in [-0.2, -0.15) is 13.2 Å². The van der Waals surface area contributed by atoms with Crippen LogP contribution in [0.1, 0.15) is 42.9 Å². The summed E-state index contributed by atoms with van der Waals surface area (Å²) in [7, 11) is 1.77. The predicted octanol–water partition coefficient (Wildman–Crippen LogP) is 4.69. The van der Waals surface area contributed by atoms with E-state index in [0.717, 1.165) is 38.4 Å². The maximum atomic E-state index is 12.8. The average molecular weight is 366 g/mol. The summed E-state index contributed by atoms with van der Waals surface area (Å²) in [4.78, 5) is 0. The van der Waals surface area contributed by atoms with Gasteiger partial charge >= 0.3 is 6.18 Å². The summed E-state index contributed by atoms with van der Waals surface area (Å²) in [6.07, 6.45) is -0.356. The smallest absolute Gasteiger partial charge is 0.378 e. The lowest BCUT2D eigenvalue weighted by atomic mass is 9.97. The molecule has 1 fully saturated rings. The zero-order chi connectivity index (χ0) is 15.5. The molecular weight excluding hydrogens is 347 g/mol. The number of rotatable bonds is 5. The van der Waals surface area contributed by atoms with Crippen molar-refractivity contribution in [1.82, 2.24) is 5.32 Å². The maximum Gasteiger partial charge on any atom is 0.416 e. The SMILES string of the molecule is CNC(CCC1CCCO1)c1cc(C(F)(F)F)ccc1Br. The minimum Gasteiger partial charge on any atom is -0.378 e. The molecule has 0 aromatic heterocycles. The van der Waals surface area contributed by atoms with Crippen LogP contribution in [0.4, 0.5) is 13.2 Å². The highest BCUT2D eigenvalue weighted by molar-refractivity contribution is 9.10. The van der Waals surface area contributed by atoms with E-state index in [1.165, 1.54) is 12.1 Å². The Morgan fingerprint density at radius 1 is 1.43 bits per heavy atom. The molecule has 2 atom stereocenters. The van der Waals surface area contributed by atoms with Crippen molar-refractivity contribution in [3.8, 4) is 0 Å². The molecule has 21 heavy (non-hydrogen) atoms. The molecule has 1 aromatic rings. The highest BCUT2D eigenvalue weighted by Crippen LogP contribution is 2.35. The summed E-state index contributed by atoms with van der Waals surface area (Å²) >= 11 is 3.35. The largest absolute Gasteiger partial charge is 0.416 e. The summed E-state index contributed by atoms with van der Waals surface area (Å²) in [6, 6.07) is 3.67. The highest BCUT2D eigenvalue weighted by atomic mass is 79.9. The standard InChI is InChI=1S/C15H19BrF3NO/c1-20-14(7-5-11-3-2-8-21-11)12-9-10(15(17,18)19)4-6-13(12)16/h4,6,9,11,14,20H,2-3,5,7-8H2,1H3. The van der Waals surface area contributed by atoms with Gasteiger partial charge in [-0.25, -0.2) is 0 Å². The van der Waals surface area contributed by atoms with E-state index in [0.29, 0.717) is 10.0 Å². The van der Waals surface area contributed by atoms with Crippen molar-refractivity contribution in [2.24, 2.45) is 0 Å². The van der Waals surface area contributed by atoms with E-state index >= 15 is 0 Å². The Hall–Kier alpha value is -0.590. The van der Waals surface area contributed by atoms with Gasteiger partial charge in [0, 0.05) is 17.1 Å². The van der Waals surface area contributed by atoms with Gasteiger partial charge in [-0.15, -0.1) is 0 Å². The van der Waals surface area contributed by atoms with Crippen LogP contribution in [-0.4, -0.2) is 19.8 Å². The molecule has 0 aliphatic carbocycles. The van der Waals surface area contributed by atoms with Crippen LogP contribution in [0, 0.1) is 0 Å². The Labute approximate surface area is 131 Å². The molecule has 1 aliphatic heterocycles. The van der Waals surface area contributed by atoms with Gasteiger partial charge in [0.2, 0.25) is 0 Å². The summed E-state index contributed by atoms with van der Waals surface area (Å²) in [5, 5.41) is 3.11. The van der Waals surface area contributed by atoms with Gasteiger partial charge in [0.1, 0.15) is 0 Å². The minimum atomic E-state index is -4.32. The third-order valence-corrected chi connectivity index (χ3v) is 4.57. The molecule has 0 saturated carbocycles. The zero-order valence-corrected chi connectivity index (χ0v) is 13.4. The topological polar surface area (TPSA) is 21.3 Å². The molecule has 0 spiro atoms. The van der Waals surface area contributed by atoms with Crippen LogP contribution < -0.4 is 5.32 Å². The Kier molecular flexibility index (Phi) is 5.68. The molecule has 2 nitrogen and oxygen atoms in total. The third-order valence-electron chi connectivity index (χ3n) is 3.85. The summed E-state index contributed by atoms with van der Waals surface area (Å²) in [5.41, 5.74) is 0.0309. The van der Waals surface area contributed by atoms with Gasteiger partial charge in [0.15, 0.2) is 0 Å². The quantitative estimate of drug-likeness (QED) is 0.817. The van der Waals surface area contributed by atoms with Crippen molar-refractivity contribution in [3.05, 3.63) is 33.8 Å². The van der Waals surface area contributed by atoms with E-state index in [1.807, 2.05) is 0 Å². The number of hydrogen-bond acceptors (Lipinski definition) is 2. The van der Waals surface area contributed by atoms with Gasteiger partial charge in [-0.1, -0.05) is 15.9 Å². The van der Waals surface area contributed by atoms with E-state index in [2.05, 4.69) is 21.2 Å². The average Bonchev–Trinajstić information content (AvgIpc) is 2.93. The third kappa shape index (κ3) is 4.44. The second kappa shape index (κ2) is 7.11. The molecule has 2 unspecified atom stereocenters. The lowest BCUT2D eigenvalue weighted by Gasteiger charge is -2.21. The van der Waals surface area contributed by atoms with E-state index < -0.39 is 11.7 Å². The van der Waals surface area contributed by atoms with Gasteiger partial charge in [0.05, 0.1) is 11.7 Å². The van der Waals surface area contributed by atoms with Crippen molar-refractivity contribution in [3.63, 3.8) is 0 Å². The second-order valence-electron chi connectivity index (χ2n) is 5.29. The Bertz CT molecular complexity index is 472. The first-order valence-corrected chi connectivity index (χ1v) is 7.86. The molecular formula is C15H19BrF3NO. The fraction of sp³-hybridized carbons (Fsp3) is 0.600. The first-order valence-electron chi connectivity index (χ1n) is 7.07. The van der Waals surface area contributed by atoms with E-state index in [4.69, 9.17) is 4.74 Å². The highest BCUT2D eigenvalue weighted by Gasteiger charge is 2.31. The van der Waals surface area contributed by atoms with E-state index in [-0.39, 0.29) is 12.1 Å². The van der Waals surface area contributed by atoms with E-state index in [1.54, 1.807) is 7.05 Å². The summed E-state index contributed by atoms with van der Waals surface area (Å²) < 4.78 is 44.8. The predicted molar refractivity (Wildman–Crippen MR) is 79.2 cm³/mol. The normalized spacial score (nSPS) is 20.7. The Morgan fingerprint density at radius 2 is 2.19 bits per heavy atom. The maximum absolute atomic E-state index is 12.8. The van der Waals surface area contributed by atoms with Gasteiger partial charge < -0.3 is 10.1 Å². The van der Waals surface area contributed by atoms with Crippen LogP contribution in [0.25, 0.3) is 0 Å². The van der Waals surface area contributed by atoms with Crippen molar-refractivity contribution in [2.75, 3.05) is 13.7 Å². The lowest BCUT2D eigenvalue weighted by molar-refractivity contribution is -0.137. The molecule has 1 saturated heterocycles. The van der Waals surface area contributed by atoms with Gasteiger partial charge in [0.25, 0.3) is 0 Å². The molecule has 0 bridgehead atoms. The zero-order valence-electron chi connectivity index (χ0n) is 11.8. The van der Waals surface area contributed by atoms with Crippen LogP contribution in [0.5, 0.6) is 0 Å². The number of ether oxygens (including phenoxy) is 1. The Morgan fingerprint density at radius 3 is 2.76 bits per heavy atom. The Balaban J connectivity index is 2.12. The fourth-order valence-electron chi connectivity index (χ4n) is 2.67. The van der Waals surface area contributed by atoms with Crippen LogP contribution in [0.15, 0.2) is 22.7 Å². The molecule has 118 valence electrons. The first kappa shape index (κ1) is 16.8. The molecule has 1 aromatic carbocycles. The molecule has 0 amide bonds. The van der Waals surface area contributed by atoms with E-state index in [9.17, 15) is 13.2 Å². The van der Waals surface area contributed by atoms with Crippen LogP contribution in [0.3, 0.4) is 0 Å². The molecule has 1 aliphatic rings. The van der Waals surface area contributed by atoms with Crippen LogP contribution >= 0.6 is 15.9 Å². The molecule has 0 radical (unpaired) electrons. The van der Waals surface area contributed by atoms with Crippen molar-refractivity contribution >= 4 is 15.9 Å². The van der Waals surface area contributed by atoms with Gasteiger partial charge in [-0.05, 0) is 56.5 Å². The van der Waals surface area contributed by atoms with Crippen molar-refractivity contribution < 1.29 is 17.9 Å². The second-order valence-corrected chi connectivity index (χ2v) is 6.14. The minimum absolute atomic E-state index is 0.120. The molecule has 1 heterocycles. The van der Waals surface area contributed by atoms with Crippen LogP contribution in [-0.2, 0) is 10.9 Å². The van der Waals surface area contributed by atoms with Crippen molar-refractivity contribution in [2.45, 2.75) is 44.0 Å². The molecule has 1 N–H and O–H groups in total. The monoisotopic (exact) mass is 365 g/mol. The number of benzene rings is 1. The number of halogens is 4. The summed E-state index contributed by atoms with van der Waals surface area (Å²) in [5.74, 6) is 0. The van der Waals surface area contributed by atoms with Crippen molar-refractivity contribution in [1.29, 1.82) is 0 Å². The lowest BCUT2D eigenvalue weighted by Crippen LogP contribution is -2.20. The number of alkyl halides is 3. The first-order chi connectivity index (χ1) is 9.91.